The Morgan fingerprint density at radius 1 is 0.800 bits per heavy atom. The third-order valence-electron chi connectivity index (χ3n) is 4.51. The first kappa shape index (κ1) is 21.1. The Kier molecular flexibility index (Phi) is 8.04. The van der Waals surface area contributed by atoms with Crippen LogP contribution in [0.3, 0.4) is 0 Å². The molecule has 0 radical (unpaired) electrons. The van der Waals surface area contributed by atoms with Crippen molar-refractivity contribution < 1.29 is 14.3 Å². The van der Waals surface area contributed by atoms with E-state index in [0.717, 1.165) is 24.0 Å². The number of ether oxygens (including phenoxy) is 2. The van der Waals surface area contributed by atoms with Gasteiger partial charge in [-0.1, -0.05) is 72.8 Å². The highest BCUT2D eigenvalue weighted by molar-refractivity contribution is 6.06. The zero-order valence-electron chi connectivity index (χ0n) is 17.0. The summed E-state index contributed by atoms with van der Waals surface area (Å²) in [4.78, 5) is 12.8. The van der Waals surface area contributed by atoms with Crippen molar-refractivity contribution in [2.24, 2.45) is 0 Å². The van der Waals surface area contributed by atoms with E-state index in [1.165, 1.54) is 0 Å². The van der Waals surface area contributed by atoms with E-state index in [-0.39, 0.29) is 5.78 Å². The number of ketones is 1. The number of allylic oxidation sites excluding steroid dienone is 3. The molecule has 0 amide bonds. The van der Waals surface area contributed by atoms with Gasteiger partial charge in [-0.15, -0.1) is 6.58 Å². The minimum absolute atomic E-state index is 0.104. The molecule has 0 bridgehead atoms. The van der Waals surface area contributed by atoms with Gasteiger partial charge in [-0.3, -0.25) is 4.79 Å². The highest BCUT2D eigenvalue weighted by Crippen LogP contribution is 2.27. The number of unbranched alkanes of at least 4 members (excludes halogenated alkanes) is 1. The highest BCUT2D eigenvalue weighted by atomic mass is 16.5. The second-order valence-electron chi connectivity index (χ2n) is 6.84. The van der Waals surface area contributed by atoms with Gasteiger partial charge in [0.2, 0.25) is 0 Å². The van der Waals surface area contributed by atoms with Gasteiger partial charge in [0, 0.05) is 0 Å². The van der Waals surface area contributed by atoms with Crippen molar-refractivity contribution in [1.82, 2.24) is 0 Å². The SMILES string of the molecule is C=CCC/C=C/C(=O)c1cc(OCc2ccccc2)ccc1OCc1ccccc1. The number of benzene rings is 3. The molecule has 3 heteroatoms. The van der Waals surface area contributed by atoms with Crippen molar-refractivity contribution in [3.63, 3.8) is 0 Å². The van der Waals surface area contributed by atoms with Crippen molar-refractivity contribution >= 4 is 5.78 Å². The van der Waals surface area contributed by atoms with Gasteiger partial charge in [-0.2, -0.15) is 0 Å². The van der Waals surface area contributed by atoms with E-state index in [9.17, 15) is 4.79 Å². The molecule has 0 spiro atoms. The Morgan fingerprint density at radius 3 is 2.07 bits per heavy atom. The fourth-order valence-electron chi connectivity index (χ4n) is 2.89. The third kappa shape index (κ3) is 6.49. The molecule has 0 saturated carbocycles. The van der Waals surface area contributed by atoms with Crippen LogP contribution in [0.4, 0.5) is 0 Å². The van der Waals surface area contributed by atoms with E-state index in [1.54, 1.807) is 18.2 Å². The summed E-state index contributed by atoms with van der Waals surface area (Å²) in [5.41, 5.74) is 2.60. The Hall–Kier alpha value is -3.59. The van der Waals surface area contributed by atoms with Crippen LogP contribution in [-0.2, 0) is 13.2 Å². The minimum Gasteiger partial charge on any atom is -0.489 e. The predicted molar refractivity (Wildman–Crippen MR) is 121 cm³/mol. The lowest BCUT2D eigenvalue weighted by atomic mass is 10.1. The van der Waals surface area contributed by atoms with Gasteiger partial charge < -0.3 is 9.47 Å². The molecule has 0 saturated heterocycles. The molecule has 3 rings (SSSR count). The second-order valence-corrected chi connectivity index (χ2v) is 6.84. The molecule has 0 atom stereocenters. The molecule has 0 fully saturated rings. The van der Waals surface area contributed by atoms with Crippen molar-refractivity contribution in [3.05, 3.63) is 120 Å². The molecule has 0 N–H and O–H groups in total. The van der Waals surface area contributed by atoms with Crippen LogP contribution in [0.5, 0.6) is 11.5 Å². The van der Waals surface area contributed by atoms with Gasteiger partial charge in [-0.05, 0) is 48.2 Å². The van der Waals surface area contributed by atoms with E-state index >= 15 is 0 Å². The van der Waals surface area contributed by atoms with Crippen LogP contribution < -0.4 is 9.47 Å². The van der Waals surface area contributed by atoms with Crippen LogP contribution in [0.25, 0.3) is 0 Å². The summed E-state index contributed by atoms with van der Waals surface area (Å²) in [6.07, 6.45) is 6.90. The van der Waals surface area contributed by atoms with E-state index in [0.29, 0.717) is 30.3 Å². The zero-order valence-corrected chi connectivity index (χ0v) is 17.0. The number of carbonyl (C=O) groups excluding carboxylic acids is 1. The molecule has 0 aliphatic heterocycles. The van der Waals surface area contributed by atoms with Crippen LogP contribution in [0.15, 0.2) is 104 Å². The maximum atomic E-state index is 12.8. The van der Waals surface area contributed by atoms with Gasteiger partial charge >= 0.3 is 0 Å². The molecule has 0 aliphatic carbocycles. The van der Waals surface area contributed by atoms with E-state index in [4.69, 9.17) is 9.47 Å². The molecular weight excluding hydrogens is 372 g/mol. The maximum absolute atomic E-state index is 12.8. The van der Waals surface area contributed by atoms with Crippen LogP contribution >= 0.6 is 0 Å². The third-order valence-corrected chi connectivity index (χ3v) is 4.51. The Balaban J connectivity index is 1.76. The van der Waals surface area contributed by atoms with Crippen molar-refractivity contribution in [3.8, 4) is 11.5 Å². The van der Waals surface area contributed by atoms with Crippen LogP contribution in [-0.4, -0.2) is 5.78 Å². The van der Waals surface area contributed by atoms with E-state index in [1.807, 2.05) is 78.9 Å². The number of hydrogen-bond donors (Lipinski definition) is 0. The molecule has 0 unspecified atom stereocenters. The molecule has 3 nitrogen and oxygen atoms in total. The number of rotatable bonds is 11. The average Bonchev–Trinajstić information content (AvgIpc) is 2.80. The fourth-order valence-corrected chi connectivity index (χ4v) is 2.89. The smallest absolute Gasteiger partial charge is 0.189 e. The number of carbonyl (C=O) groups is 1. The van der Waals surface area contributed by atoms with Gasteiger partial charge in [0.15, 0.2) is 5.78 Å². The average molecular weight is 399 g/mol. The summed E-state index contributed by atoms with van der Waals surface area (Å²) in [7, 11) is 0. The lowest BCUT2D eigenvalue weighted by Crippen LogP contribution is -2.04. The number of hydrogen-bond acceptors (Lipinski definition) is 3. The summed E-state index contributed by atoms with van der Waals surface area (Å²) in [5, 5.41) is 0. The lowest BCUT2D eigenvalue weighted by Gasteiger charge is -2.13. The predicted octanol–water partition coefficient (Wildman–Crippen LogP) is 6.55. The summed E-state index contributed by atoms with van der Waals surface area (Å²) < 4.78 is 11.9. The normalized spacial score (nSPS) is 10.7. The largest absolute Gasteiger partial charge is 0.489 e. The monoisotopic (exact) mass is 398 g/mol. The molecular formula is C27H26O3. The molecule has 0 heterocycles. The quantitative estimate of drug-likeness (QED) is 0.159. The first-order valence-electron chi connectivity index (χ1n) is 10.1. The van der Waals surface area contributed by atoms with Gasteiger partial charge in [-0.25, -0.2) is 0 Å². The summed E-state index contributed by atoms with van der Waals surface area (Å²) in [6.45, 7) is 4.54. The Labute approximate surface area is 178 Å². The summed E-state index contributed by atoms with van der Waals surface area (Å²) in [5.74, 6) is 1.07. The van der Waals surface area contributed by atoms with Crippen LogP contribution in [0.2, 0.25) is 0 Å². The van der Waals surface area contributed by atoms with Crippen LogP contribution in [0.1, 0.15) is 34.3 Å². The second kappa shape index (κ2) is 11.4. The highest BCUT2D eigenvalue weighted by Gasteiger charge is 2.13. The van der Waals surface area contributed by atoms with Crippen molar-refractivity contribution in [1.29, 1.82) is 0 Å². The minimum atomic E-state index is -0.104. The summed E-state index contributed by atoms with van der Waals surface area (Å²) >= 11 is 0. The standard InChI is InChI=1S/C27H26O3/c1-2-3-4-11-16-26(28)25-19-24(29-20-22-12-7-5-8-13-22)17-18-27(25)30-21-23-14-9-6-10-15-23/h2,5-19H,1,3-4,20-21H2/b16-11+. The molecule has 3 aromatic rings. The van der Waals surface area contributed by atoms with Crippen LogP contribution in [0, 0.1) is 0 Å². The van der Waals surface area contributed by atoms with Crippen molar-refractivity contribution in [2.75, 3.05) is 0 Å². The van der Waals surface area contributed by atoms with E-state index in [2.05, 4.69) is 6.58 Å². The Morgan fingerprint density at radius 2 is 1.43 bits per heavy atom. The first-order chi connectivity index (χ1) is 14.8. The maximum Gasteiger partial charge on any atom is 0.189 e. The molecule has 30 heavy (non-hydrogen) atoms. The van der Waals surface area contributed by atoms with Crippen molar-refractivity contribution in [2.45, 2.75) is 26.1 Å². The molecule has 0 aliphatic rings. The molecule has 0 aromatic heterocycles. The molecule has 152 valence electrons. The van der Waals surface area contributed by atoms with Gasteiger partial charge in [0.05, 0.1) is 5.56 Å². The molecule has 3 aromatic carbocycles. The first-order valence-corrected chi connectivity index (χ1v) is 10.1. The topological polar surface area (TPSA) is 35.5 Å². The van der Waals surface area contributed by atoms with E-state index < -0.39 is 0 Å². The fraction of sp³-hybridized carbons (Fsp3) is 0.148. The summed E-state index contributed by atoms with van der Waals surface area (Å²) in [6, 6.07) is 25.2. The zero-order chi connectivity index (χ0) is 21.0. The Bertz CT molecular complexity index is 976. The van der Waals surface area contributed by atoms with Gasteiger partial charge in [0.25, 0.3) is 0 Å². The lowest BCUT2D eigenvalue weighted by molar-refractivity contribution is 0.104. The van der Waals surface area contributed by atoms with Gasteiger partial charge in [0.1, 0.15) is 24.7 Å².